The third kappa shape index (κ3) is 2.08. The summed E-state index contributed by atoms with van der Waals surface area (Å²) in [6.07, 6.45) is 3.36. The summed E-state index contributed by atoms with van der Waals surface area (Å²) < 4.78 is 15.7. The topological polar surface area (TPSA) is 82.3 Å². The van der Waals surface area contributed by atoms with Gasteiger partial charge in [-0.05, 0) is 31.2 Å². The van der Waals surface area contributed by atoms with Gasteiger partial charge >= 0.3 is 0 Å². The van der Waals surface area contributed by atoms with Gasteiger partial charge in [-0.1, -0.05) is 0 Å². The zero-order chi connectivity index (χ0) is 16.7. The molecule has 3 heterocycles. The van der Waals surface area contributed by atoms with E-state index in [0.717, 1.165) is 22.0 Å². The smallest absolute Gasteiger partial charge is 0.162 e. The lowest BCUT2D eigenvalue weighted by Gasteiger charge is -2.06. The third-order valence-electron chi connectivity index (χ3n) is 3.86. The number of nitriles is 1. The number of pyridine rings is 1. The number of hydrogen-bond donors (Lipinski definition) is 2. The molecule has 0 saturated heterocycles. The SMILES string of the molecule is CCNc1cc(F)cc2c1[nH]c1nccc(-n3ccc(C#N)n3)c12. The molecule has 7 heteroatoms. The molecular weight excluding hydrogens is 307 g/mol. The number of aromatic nitrogens is 4. The van der Waals surface area contributed by atoms with Crippen LogP contribution in [0.2, 0.25) is 0 Å². The average Bonchev–Trinajstić information content (AvgIpc) is 3.19. The quantitative estimate of drug-likeness (QED) is 0.606. The molecule has 4 aromatic rings. The van der Waals surface area contributed by atoms with Crippen LogP contribution in [0.5, 0.6) is 0 Å². The standard InChI is InChI=1S/C17H13FN6/c1-2-20-13-8-10(18)7-12-15-14(24-6-4-11(9-19)23-24)3-5-21-17(15)22-16(12)13/h3-8,20H,2H2,1H3,(H,21,22). The fraction of sp³-hybridized carbons (Fsp3) is 0.118. The van der Waals surface area contributed by atoms with Gasteiger partial charge in [0.15, 0.2) is 5.69 Å². The number of halogens is 1. The number of H-pyrrole nitrogens is 1. The molecule has 0 aliphatic heterocycles. The van der Waals surface area contributed by atoms with Crippen LogP contribution in [0.25, 0.3) is 27.6 Å². The van der Waals surface area contributed by atoms with E-state index in [1.54, 1.807) is 29.2 Å². The molecule has 24 heavy (non-hydrogen) atoms. The predicted molar refractivity (Wildman–Crippen MR) is 89.6 cm³/mol. The van der Waals surface area contributed by atoms with Gasteiger partial charge < -0.3 is 10.3 Å². The molecule has 4 rings (SSSR count). The number of anilines is 1. The minimum absolute atomic E-state index is 0.319. The Morgan fingerprint density at radius 2 is 2.25 bits per heavy atom. The van der Waals surface area contributed by atoms with Crippen molar-refractivity contribution in [2.75, 3.05) is 11.9 Å². The number of rotatable bonds is 3. The van der Waals surface area contributed by atoms with E-state index in [1.165, 1.54) is 12.1 Å². The van der Waals surface area contributed by atoms with Crippen LogP contribution in [0.15, 0.2) is 36.7 Å². The van der Waals surface area contributed by atoms with Crippen LogP contribution in [-0.4, -0.2) is 26.3 Å². The molecule has 0 unspecified atom stereocenters. The molecule has 1 aromatic carbocycles. The van der Waals surface area contributed by atoms with Gasteiger partial charge in [0.25, 0.3) is 0 Å². The molecule has 6 nitrogen and oxygen atoms in total. The lowest BCUT2D eigenvalue weighted by Crippen LogP contribution is -1.98. The molecular formula is C17H13FN6. The van der Waals surface area contributed by atoms with E-state index in [9.17, 15) is 4.39 Å². The van der Waals surface area contributed by atoms with Gasteiger partial charge in [-0.15, -0.1) is 0 Å². The summed E-state index contributed by atoms with van der Waals surface area (Å²) in [6, 6.07) is 8.37. The molecule has 3 aromatic heterocycles. The van der Waals surface area contributed by atoms with E-state index in [2.05, 4.69) is 20.4 Å². The minimum Gasteiger partial charge on any atom is -0.384 e. The zero-order valence-electron chi connectivity index (χ0n) is 12.8. The first kappa shape index (κ1) is 14.2. The molecule has 2 N–H and O–H groups in total. The van der Waals surface area contributed by atoms with Crippen molar-refractivity contribution in [2.45, 2.75) is 6.92 Å². The Bertz CT molecular complexity index is 1100. The van der Waals surface area contributed by atoms with Crippen LogP contribution < -0.4 is 5.32 Å². The molecule has 0 aliphatic carbocycles. The molecule has 0 bridgehead atoms. The van der Waals surface area contributed by atoms with Crippen molar-refractivity contribution in [3.63, 3.8) is 0 Å². The van der Waals surface area contributed by atoms with Crippen molar-refractivity contribution in [3.8, 4) is 11.8 Å². The van der Waals surface area contributed by atoms with Gasteiger partial charge in [0.1, 0.15) is 17.5 Å². The molecule has 118 valence electrons. The monoisotopic (exact) mass is 320 g/mol. The van der Waals surface area contributed by atoms with Gasteiger partial charge in [0.2, 0.25) is 0 Å². The van der Waals surface area contributed by atoms with Crippen LogP contribution in [0, 0.1) is 17.1 Å². The average molecular weight is 320 g/mol. The summed E-state index contributed by atoms with van der Waals surface area (Å²) in [6.45, 7) is 2.63. The number of aromatic amines is 1. The molecule has 0 saturated carbocycles. The molecule has 0 atom stereocenters. The van der Waals surface area contributed by atoms with E-state index in [4.69, 9.17) is 5.26 Å². The first-order valence-corrected chi connectivity index (χ1v) is 7.51. The highest BCUT2D eigenvalue weighted by Gasteiger charge is 2.15. The van der Waals surface area contributed by atoms with Crippen molar-refractivity contribution in [1.82, 2.24) is 19.7 Å². The van der Waals surface area contributed by atoms with E-state index in [1.807, 2.05) is 13.0 Å². The number of nitrogens with one attached hydrogen (secondary N) is 2. The van der Waals surface area contributed by atoms with Crippen molar-refractivity contribution in [2.24, 2.45) is 0 Å². The van der Waals surface area contributed by atoms with E-state index >= 15 is 0 Å². The Hall–Kier alpha value is -3.40. The highest BCUT2D eigenvalue weighted by Crippen LogP contribution is 2.33. The first-order chi connectivity index (χ1) is 11.7. The van der Waals surface area contributed by atoms with Gasteiger partial charge in [0, 0.05) is 24.3 Å². The molecule has 0 aliphatic rings. The maximum Gasteiger partial charge on any atom is 0.162 e. The van der Waals surface area contributed by atoms with Crippen molar-refractivity contribution in [1.29, 1.82) is 5.26 Å². The van der Waals surface area contributed by atoms with Crippen LogP contribution >= 0.6 is 0 Å². The third-order valence-corrected chi connectivity index (χ3v) is 3.86. The largest absolute Gasteiger partial charge is 0.384 e. The Morgan fingerprint density at radius 1 is 1.38 bits per heavy atom. The number of benzene rings is 1. The van der Waals surface area contributed by atoms with Crippen molar-refractivity contribution >= 4 is 27.6 Å². The lowest BCUT2D eigenvalue weighted by molar-refractivity contribution is 0.630. The maximum atomic E-state index is 14.1. The normalized spacial score (nSPS) is 11.0. The van der Waals surface area contributed by atoms with Gasteiger partial charge in [-0.25, -0.2) is 14.1 Å². The van der Waals surface area contributed by atoms with Crippen LogP contribution in [0.1, 0.15) is 12.6 Å². The van der Waals surface area contributed by atoms with Gasteiger partial charge in [0.05, 0.1) is 22.3 Å². The second-order valence-corrected chi connectivity index (χ2v) is 5.34. The van der Waals surface area contributed by atoms with Crippen molar-refractivity contribution in [3.05, 3.63) is 48.2 Å². The molecule has 0 spiro atoms. The van der Waals surface area contributed by atoms with Crippen molar-refractivity contribution < 1.29 is 4.39 Å². The Kier molecular flexibility index (Phi) is 3.17. The zero-order valence-corrected chi connectivity index (χ0v) is 12.8. The molecule has 0 radical (unpaired) electrons. The highest BCUT2D eigenvalue weighted by atomic mass is 19.1. The van der Waals surface area contributed by atoms with Gasteiger partial charge in [-0.2, -0.15) is 10.4 Å². The Morgan fingerprint density at radius 3 is 3.00 bits per heavy atom. The fourth-order valence-corrected chi connectivity index (χ4v) is 2.91. The summed E-state index contributed by atoms with van der Waals surface area (Å²) in [5.74, 6) is -0.327. The second kappa shape index (κ2) is 5.35. The van der Waals surface area contributed by atoms with Crippen LogP contribution in [-0.2, 0) is 0 Å². The second-order valence-electron chi connectivity index (χ2n) is 5.34. The van der Waals surface area contributed by atoms with Gasteiger partial charge in [-0.3, -0.25) is 0 Å². The molecule has 0 fully saturated rings. The molecule has 0 amide bonds. The predicted octanol–water partition coefficient (Wildman–Crippen LogP) is 3.34. The summed E-state index contributed by atoms with van der Waals surface area (Å²) >= 11 is 0. The van der Waals surface area contributed by atoms with E-state index in [-0.39, 0.29) is 5.82 Å². The Labute approximate surface area is 136 Å². The summed E-state index contributed by atoms with van der Waals surface area (Å²) in [4.78, 5) is 7.59. The highest BCUT2D eigenvalue weighted by molar-refractivity contribution is 6.13. The number of fused-ring (bicyclic) bond motifs is 3. The number of nitrogens with zero attached hydrogens (tertiary/aromatic N) is 4. The maximum absolute atomic E-state index is 14.1. The fourth-order valence-electron chi connectivity index (χ4n) is 2.91. The van der Waals surface area contributed by atoms with Crippen LogP contribution in [0.4, 0.5) is 10.1 Å². The van der Waals surface area contributed by atoms with E-state index < -0.39 is 0 Å². The summed E-state index contributed by atoms with van der Waals surface area (Å²) in [5, 5.41) is 17.8. The van der Waals surface area contributed by atoms with Crippen LogP contribution in [0.3, 0.4) is 0 Å². The lowest BCUT2D eigenvalue weighted by atomic mass is 10.1. The minimum atomic E-state index is -0.327. The number of hydrogen-bond acceptors (Lipinski definition) is 4. The summed E-state index contributed by atoms with van der Waals surface area (Å²) in [5.41, 5.74) is 3.18. The summed E-state index contributed by atoms with van der Waals surface area (Å²) in [7, 11) is 0. The first-order valence-electron chi connectivity index (χ1n) is 7.51. The van der Waals surface area contributed by atoms with E-state index in [0.29, 0.717) is 23.6 Å². The Balaban J connectivity index is 2.07.